The van der Waals surface area contributed by atoms with Gasteiger partial charge in [-0.15, -0.1) is 22.7 Å². The fraction of sp³-hybridized carbons (Fsp3) is 0.353. The van der Waals surface area contributed by atoms with E-state index in [9.17, 15) is 14.4 Å². The maximum absolute atomic E-state index is 13.1. The summed E-state index contributed by atoms with van der Waals surface area (Å²) in [5.74, 6) is -0.331. The topological polar surface area (TPSA) is 181 Å². The summed E-state index contributed by atoms with van der Waals surface area (Å²) in [5, 5.41) is 7.27. The predicted molar refractivity (Wildman–Crippen MR) is 275 cm³/mol. The number of ether oxygens (including phenoxy) is 2. The Labute approximate surface area is 414 Å². The van der Waals surface area contributed by atoms with Gasteiger partial charge in [-0.2, -0.15) is 0 Å². The molecule has 3 N–H and O–H groups in total. The average molecular weight is 983 g/mol. The van der Waals surface area contributed by atoms with Gasteiger partial charge in [0.25, 0.3) is 5.91 Å². The van der Waals surface area contributed by atoms with Crippen molar-refractivity contribution in [2.24, 2.45) is 0 Å². The zero-order valence-electron chi connectivity index (χ0n) is 40.3. The first-order valence-corrected chi connectivity index (χ1v) is 25.1. The summed E-state index contributed by atoms with van der Waals surface area (Å²) in [6.07, 6.45) is 5.08. The van der Waals surface area contributed by atoms with E-state index >= 15 is 0 Å². The molecule has 2 saturated heterocycles. The summed E-state index contributed by atoms with van der Waals surface area (Å²) >= 11 is 3.22. The molecule has 0 atom stereocenters. The standard InChI is InChI=1S/C30H31N7O3S.C21H27N5O2S/c1-30(2,3)40-29(39)36-14-12-35(13-15-36)17-20-19-41-28-34-26(18-37(20)28)21-8-4-5-9-22(21)33-27(38)25-16-31-23-10-6-7-11-24(23)32-25;1-21(2,3)28-20(27)25-10-8-24(9-11-25)12-15-14-29-19-23-18(13-26(15)19)16-6-4-5-7-17(16)22/h4-11,16,18-19H,12-15,17H2,1-3H3,(H,33,38);4-7,13-14H,8-12,22H2,1-3H3. The third-order valence-corrected chi connectivity index (χ3v) is 13.5. The number of benzene rings is 3. The minimum Gasteiger partial charge on any atom is -0.444 e. The van der Waals surface area contributed by atoms with Crippen molar-refractivity contribution in [2.45, 2.75) is 65.8 Å². The number of carbonyl (C=O) groups excluding carboxylic acids is 3. The van der Waals surface area contributed by atoms with Crippen molar-refractivity contribution in [3.05, 3.63) is 119 Å². The minimum atomic E-state index is -0.498. The van der Waals surface area contributed by atoms with Gasteiger partial charge in [-0.25, -0.2) is 24.5 Å². The van der Waals surface area contributed by atoms with Gasteiger partial charge in [0.15, 0.2) is 9.92 Å². The lowest BCUT2D eigenvalue weighted by molar-refractivity contribution is 0.0128. The summed E-state index contributed by atoms with van der Waals surface area (Å²) in [4.78, 5) is 66.3. The zero-order valence-corrected chi connectivity index (χ0v) is 41.9. The van der Waals surface area contributed by atoms with E-state index in [-0.39, 0.29) is 23.8 Å². The lowest BCUT2D eigenvalue weighted by Crippen LogP contribution is -2.49. The van der Waals surface area contributed by atoms with Crippen molar-refractivity contribution < 1.29 is 23.9 Å². The Kier molecular flexibility index (Phi) is 13.9. The second-order valence-electron chi connectivity index (χ2n) is 19.3. The Morgan fingerprint density at radius 3 is 1.61 bits per heavy atom. The number of amides is 3. The van der Waals surface area contributed by atoms with Crippen LogP contribution in [0.1, 0.15) is 63.4 Å². The third kappa shape index (κ3) is 11.4. The molecule has 0 bridgehead atoms. The zero-order chi connectivity index (χ0) is 49.2. The summed E-state index contributed by atoms with van der Waals surface area (Å²) in [7, 11) is 0. The molecule has 17 nitrogen and oxygen atoms in total. The van der Waals surface area contributed by atoms with Crippen LogP contribution in [0.4, 0.5) is 21.0 Å². The number of hydrogen-bond donors (Lipinski definition) is 2. The first-order valence-electron chi connectivity index (χ1n) is 23.3. The predicted octanol–water partition coefficient (Wildman–Crippen LogP) is 9.01. The first kappa shape index (κ1) is 48.1. The highest BCUT2D eigenvalue weighted by atomic mass is 32.1. The number of hydrogen-bond acceptors (Lipinski definition) is 14. The maximum atomic E-state index is 13.1. The maximum Gasteiger partial charge on any atom is 0.410 e. The molecule has 10 rings (SSSR count). The van der Waals surface area contributed by atoms with Crippen LogP contribution in [0, 0.1) is 0 Å². The molecular formula is C51H58N12O5S2. The molecular weight excluding hydrogens is 925 g/mol. The molecule has 3 amide bonds. The van der Waals surface area contributed by atoms with E-state index in [1.165, 1.54) is 11.9 Å². The lowest BCUT2D eigenvalue weighted by Gasteiger charge is -2.35. The highest BCUT2D eigenvalue weighted by Crippen LogP contribution is 2.31. The summed E-state index contributed by atoms with van der Waals surface area (Å²) in [5.41, 5.74) is 14.0. The number of thiazole rings is 2. The van der Waals surface area contributed by atoms with E-state index in [1.54, 1.807) is 32.5 Å². The molecule has 8 aromatic rings. The van der Waals surface area contributed by atoms with Crippen molar-refractivity contribution in [3.8, 4) is 22.5 Å². The molecule has 0 saturated carbocycles. The van der Waals surface area contributed by atoms with Crippen LogP contribution in [0.3, 0.4) is 0 Å². The monoisotopic (exact) mass is 982 g/mol. The molecule has 19 heteroatoms. The van der Waals surface area contributed by atoms with E-state index in [0.29, 0.717) is 37.4 Å². The van der Waals surface area contributed by atoms with Crippen LogP contribution in [-0.2, 0) is 22.6 Å². The molecule has 2 aliphatic heterocycles. The number of nitrogens with two attached hydrogens (primary N) is 1. The summed E-state index contributed by atoms with van der Waals surface area (Å²) in [6.45, 7) is 18.7. The number of anilines is 2. The Bertz CT molecular complexity index is 3150. The van der Waals surface area contributed by atoms with Crippen LogP contribution in [-0.4, -0.2) is 130 Å². The number of rotatable bonds is 8. The van der Waals surface area contributed by atoms with Gasteiger partial charge in [-0.1, -0.05) is 48.5 Å². The fourth-order valence-electron chi connectivity index (χ4n) is 8.23. The highest BCUT2D eigenvalue weighted by Gasteiger charge is 2.28. The number of nitrogen functional groups attached to an aromatic ring is 1. The van der Waals surface area contributed by atoms with Gasteiger partial charge in [0.05, 0.1) is 34.3 Å². The number of piperazine rings is 2. The third-order valence-electron chi connectivity index (χ3n) is 11.8. The second-order valence-corrected chi connectivity index (χ2v) is 21.0. The van der Waals surface area contributed by atoms with Crippen LogP contribution in [0.5, 0.6) is 0 Å². The Morgan fingerprint density at radius 2 is 1.09 bits per heavy atom. The number of imidazole rings is 2. The molecule has 5 aromatic heterocycles. The van der Waals surface area contributed by atoms with Gasteiger partial charge in [0.2, 0.25) is 0 Å². The molecule has 0 unspecified atom stereocenters. The van der Waals surface area contributed by atoms with Crippen LogP contribution >= 0.6 is 22.7 Å². The Morgan fingerprint density at radius 1 is 0.614 bits per heavy atom. The van der Waals surface area contributed by atoms with Crippen molar-refractivity contribution in [1.29, 1.82) is 0 Å². The fourth-order valence-corrected chi connectivity index (χ4v) is 9.96. The molecule has 0 spiro atoms. The molecule has 70 heavy (non-hydrogen) atoms. The smallest absolute Gasteiger partial charge is 0.410 e. The molecule has 2 aliphatic rings. The van der Waals surface area contributed by atoms with Gasteiger partial charge in [0.1, 0.15) is 16.9 Å². The van der Waals surface area contributed by atoms with E-state index in [4.69, 9.17) is 25.2 Å². The van der Waals surface area contributed by atoms with E-state index < -0.39 is 11.2 Å². The van der Waals surface area contributed by atoms with Gasteiger partial charge in [-0.05, 0) is 65.8 Å². The molecule has 0 aliphatic carbocycles. The molecule has 2 fully saturated rings. The quantitative estimate of drug-likeness (QED) is 0.138. The number of para-hydroxylation sites is 4. The lowest BCUT2D eigenvalue weighted by atomic mass is 10.1. The summed E-state index contributed by atoms with van der Waals surface area (Å²) in [6, 6.07) is 22.9. The van der Waals surface area contributed by atoms with Crippen LogP contribution < -0.4 is 11.1 Å². The van der Waals surface area contributed by atoms with E-state index in [2.05, 4.69) is 50.8 Å². The normalized spacial score (nSPS) is 15.0. The van der Waals surface area contributed by atoms with Crippen LogP contribution in [0.15, 0.2) is 102 Å². The number of fused-ring (bicyclic) bond motifs is 3. The van der Waals surface area contributed by atoms with E-state index in [1.807, 2.05) is 121 Å². The number of nitrogens with zero attached hydrogens (tertiary/aromatic N) is 10. The van der Waals surface area contributed by atoms with Crippen molar-refractivity contribution in [2.75, 3.05) is 63.4 Å². The molecule has 7 heterocycles. The van der Waals surface area contributed by atoms with Gasteiger partial charge in [0, 0.05) is 117 Å². The van der Waals surface area contributed by atoms with Crippen molar-refractivity contribution >= 4 is 73.1 Å². The second kappa shape index (κ2) is 20.2. The largest absolute Gasteiger partial charge is 0.444 e. The number of carbonyl (C=O) groups is 3. The Balaban J connectivity index is 0.000000185. The van der Waals surface area contributed by atoms with Gasteiger partial charge < -0.3 is 30.3 Å². The highest BCUT2D eigenvalue weighted by molar-refractivity contribution is 7.15. The first-order chi connectivity index (χ1) is 33.5. The van der Waals surface area contributed by atoms with Crippen molar-refractivity contribution in [3.63, 3.8) is 0 Å². The SMILES string of the molecule is CC(C)(C)OC(=O)N1CCN(Cc2csc3nc(-c4ccccc4N)cn23)CC1.CC(C)(C)OC(=O)N1CCN(Cc2csc3nc(-c4ccccc4NC(=O)c4cnc5ccccc5n4)cn23)CC1. The van der Waals surface area contributed by atoms with Crippen molar-refractivity contribution in [1.82, 2.24) is 48.3 Å². The van der Waals surface area contributed by atoms with Gasteiger partial charge >= 0.3 is 12.2 Å². The van der Waals surface area contributed by atoms with Gasteiger partial charge in [-0.3, -0.25) is 28.4 Å². The minimum absolute atomic E-state index is 0.227. The van der Waals surface area contributed by atoms with Crippen LogP contribution in [0.25, 0.3) is 43.5 Å². The average Bonchev–Trinajstić information content (AvgIpc) is 4.12. The Hall–Kier alpha value is -6.93. The van der Waals surface area contributed by atoms with Crippen LogP contribution in [0.2, 0.25) is 0 Å². The van der Waals surface area contributed by atoms with E-state index in [0.717, 1.165) is 88.6 Å². The molecule has 3 aromatic carbocycles. The summed E-state index contributed by atoms with van der Waals surface area (Å²) < 4.78 is 15.2. The number of aromatic nitrogens is 6. The molecule has 364 valence electrons. The molecule has 0 radical (unpaired) electrons. The number of nitrogens with one attached hydrogen (secondary N) is 1.